The molecule has 2 aromatic carbocycles. The lowest BCUT2D eigenvalue weighted by Crippen LogP contribution is -2.42. The Morgan fingerprint density at radius 2 is 1.48 bits per heavy atom. The van der Waals surface area contributed by atoms with Gasteiger partial charge in [0.2, 0.25) is 5.78 Å². The van der Waals surface area contributed by atoms with Crippen LogP contribution in [0.4, 0.5) is 4.79 Å². The fraction of sp³-hybridized carbons (Fsp3) is 0.300. The number of carbonyl (C=O) groups excluding carboxylic acids is 2. The SMILES string of the molecule is COC(=O)C(NC(=O)OCC1c2ccccc2-c2ccccc21)P(=O)(OC)OC. The molecule has 0 fully saturated rings. The highest BCUT2D eigenvalue weighted by atomic mass is 31.2. The molecule has 0 aromatic heterocycles. The van der Waals surface area contributed by atoms with E-state index in [0.717, 1.165) is 43.6 Å². The summed E-state index contributed by atoms with van der Waals surface area (Å²) >= 11 is 0. The highest BCUT2D eigenvalue weighted by Crippen LogP contribution is 2.51. The Kier molecular flexibility index (Phi) is 6.37. The van der Waals surface area contributed by atoms with Crippen LogP contribution in [0.3, 0.4) is 0 Å². The zero-order chi connectivity index (χ0) is 21.0. The standard InChI is InChI=1S/C20H22NO7P/c1-25-19(22)18(29(24,26-2)27-3)21-20(23)28-12-17-15-10-6-4-8-13(15)14-9-5-7-11-16(14)17/h4-11,17-18H,12H2,1-3H3,(H,21,23). The average Bonchev–Trinajstić information content (AvgIpc) is 3.08. The molecular weight excluding hydrogens is 397 g/mol. The van der Waals surface area contributed by atoms with E-state index in [9.17, 15) is 14.2 Å². The van der Waals surface area contributed by atoms with Crippen LogP contribution in [0.25, 0.3) is 11.1 Å². The Morgan fingerprint density at radius 1 is 0.966 bits per heavy atom. The lowest BCUT2D eigenvalue weighted by molar-refractivity contribution is -0.141. The van der Waals surface area contributed by atoms with Gasteiger partial charge in [-0.05, 0) is 22.3 Å². The first-order chi connectivity index (χ1) is 13.9. The number of alkyl carbamates (subject to hydrolysis) is 1. The number of ether oxygens (including phenoxy) is 2. The van der Waals surface area contributed by atoms with Gasteiger partial charge in [-0.25, -0.2) is 9.59 Å². The number of rotatable bonds is 7. The van der Waals surface area contributed by atoms with Gasteiger partial charge < -0.3 is 18.5 Å². The van der Waals surface area contributed by atoms with Gasteiger partial charge in [0.25, 0.3) is 0 Å². The molecule has 0 bridgehead atoms. The van der Waals surface area contributed by atoms with E-state index in [0.29, 0.717) is 0 Å². The van der Waals surface area contributed by atoms with Crippen molar-refractivity contribution in [3.05, 3.63) is 59.7 Å². The summed E-state index contributed by atoms with van der Waals surface area (Å²) < 4.78 is 32.1. The maximum Gasteiger partial charge on any atom is 0.408 e. The summed E-state index contributed by atoms with van der Waals surface area (Å²) in [6, 6.07) is 15.8. The maximum absolute atomic E-state index is 12.6. The second kappa shape index (κ2) is 8.78. The van der Waals surface area contributed by atoms with E-state index in [1.807, 2.05) is 48.5 Å². The first-order valence-electron chi connectivity index (χ1n) is 8.85. The van der Waals surface area contributed by atoms with Gasteiger partial charge in [-0.1, -0.05) is 48.5 Å². The summed E-state index contributed by atoms with van der Waals surface area (Å²) in [6.45, 7) is 0.0397. The molecule has 0 saturated carbocycles. The Bertz CT molecular complexity index is 908. The normalized spacial score (nSPS) is 13.9. The molecule has 0 aliphatic heterocycles. The zero-order valence-corrected chi connectivity index (χ0v) is 17.2. The Morgan fingerprint density at radius 3 is 1.97 bits per heavy atom. The van der Waals surface area contributed by atoms with Crippen molar-refractivity contribution in [1.82, 2.24) is 5.32 Å². The van der Waals surface area contributed by atoms with E-state index >= 15 is 0 Å². The van der Waals surface area contributed by atoms with Crippen LogP contribution in [0.5, 0.6) is 0 Å². The number of hydrogen-bond donors (Lipinski definition) is 1. The first-order valence-corrected chi connectivity index (χ1v) is 10.5. The number of carbonyl (C=O) groups is 2. The topological polar surface area (TPSA) is 100 Å². The van der Waals surface area contributed by atoms with Gasteiger partial charge in [-0.15, -0.1) is 0 Å². The van der Waals surface area contributed by atoms with Crippen LogP contribution in [0.15, 0.2) is 48.5 Å². The van der Waals surface area contributed by atoms with Crippen LogP contribution in [0.1, 0.15) is 17.0 Å². The van der Waals surface area contributed by atoms with Crippen LogP contribution in [0.2, 0.25) is 0 Å². The van der Waals surface area contributed by atoms with E-state index in [4.69, 9.17) is 13.8 Å². The number of hydrogen-bond acceptors (Lipinski definition) is 7. The second-order valence-corrected chi connectivity index (χ2v) is 8.63. The van der Waals surface area contributed by atoms with Crippen molar-refractivity contribution in [1.29, 1.82) is 0 Å². The molecule has 9 heteroatoms. The Labute approximate surface area is 168 Å². The molecule has 1 amide bonds. The van der Waals surface area contributed by atoms with Crippen LogP contribution < -0.4 is 5.32 Å². The third-order valence-corrected chi connectivity index (χ3v) is 6.84. The van der Waals surface area contributed by atoms with Gasteiger partial charge >= 0.3 is 19.7 Å². The molecule has 154 valence electrons. The van der Waals surface area contributed by atoms with Crippen molar-refractivity contribution in [2.75, 3.05) is 27.9 Å². The third kappa shape index (κ3) is 4.05. The fourth-order valence-corrected chi connectivity index (χ4v) is 4.61. The summed E-state index contributed by atoms with van der Waals surface area (Å²) in [5.74, 6) is -2.76. The molecule has 1 aliphatic carbocycles. The van der Waals surface area contributed by atoms with Gasteiger partial charge in [0.05, 0.1) is 7.11 Å². The maximum atomic E-state index is 12.6. The summed E-state index contributed by atoms with van der Waals surface area (Å²) in [5, 5.41) is 2.23. The summed E-state index contributed by atoms with van der Waals surface area (Å²) in [5.41, 5.74) is 4.27. The van der Waals surface area contributed by atoms with Crippen molar-refractivity contribution < 1.29 is 32.7 Å². The summed E-state index contributed by atoms with van der Waals surface area (Å²) in [4.78, 5) is 24.3. The molecule has 3 rings (SSSR count). The van der Waals surface area contributed by atoms with Gasteiger partial charge in [0, 0.05) is 20.1 Å². The minimum atomic E-state index is -3.96. The molecule has 0 spiro atoms. The second-order valence-electron chi connectivity index (χ2n) is 6.30. The highest BCUT2D eigenvalue weighted by Gasteiger charge is 2.43. The minimum Gasteiger partial charge on any atom is -0.467 e. The number of fused-ring (bicyclic) bond motifs is 3. The number of methoxy groups -OCH3 is 1. The monoisotopic (exact) mass is 419 g/mol. The molecule has 2 aromatic rings. The molecular formula is C20H22NO7P. The summed E-state index contributed by atoms with van der Waals surface area (Å²) in [6.07, 6.45) is -0.934. The van der Waals surface area contributed by atoms with Gasteiger partial charge in [-0.2, -0.15) is 0 Å². The smallest absolute Gasteiger partial charge is 0.408 e. The van der Waals surface area contributed by atoms with Gasteiger partial charge in [0.15, 0.2) is 0 Å². The van der Waals surface area contributed by atoms with Crippen molar-refractivity contribution in [2.24, 2.45) is 0 Å². The molecule has 8 nitrogen and oxygen atoms in total. The highest BCUT2D eigenvalue weighted by molar-refractivity contribution is 7.55. The van der Waals surface area contributed by atoms with Crippen LogP contribution in [0, 0.1) is 0 Å². The van der Waals surface area contributed by atoms with E-state index in [2.05, 4.69) is 10.1 Å². The lowest BCUT2D eigenvalue weighted by Gasteiger charge is -2.23. The molecule has 29 heavy (non-hydrogen) atoms. The van der Waals surface area contributed by atoms with Crippen molar-refractivity contribution in [3.63, 3.8) is 0 Å². The molecule has 0 saturated heterocycles. The molecule has 0 heterocycles. The minimum absolute atomic E-state index is 0.0397. The van der Waals surface area contributed by atoms with Gasteiger partial charge in [0.1, 0.15) is 6.61 Å². The van der Waals surface area contributed by atoms with E-state index in [1.165, 1.54) is 0 Å². The molecule has 1 aliphatic rings. The van der Waals surface area contributed by atoms with E-state index in [1.54, 1.807) is 0 Å². The molecule has 1 unspecified atom stereocenters. The third-order valence-electron chi connectivity index (χ3n) is 4.85. The molecule has 1 atom stereocenters. The summed E-state index contributed by atoms with van der Waals surface area (Å²) in [7, 11) is -0.637. The molecule has 1 N–H and O–H groups in total. The Balaban J connectivity index is 1.75. The van der Waals surface area contributed by atoms with Gasteiger partial charge in [-0.3, -0.25) is 9.88 Å². The van der Waals surface area contributed by atoms with Crippen molar-refractivity contribution in [3.8, 4) is 11.1 Å². The van der Waals surface area contributed by atoms with Crippen LogP contribution in [-0.2, 0) is 27.9 Å². The number of esters is 1. The molecule has 0 radical (unpaired) electrons. The predicted octanol–water partition coefficient (Wildman–Crippen LogP) is 3.51. The predicted molar refractivity (Wildman–Crippen MR) is 106 cm³/mol. The van der Waals surface area contributed by atoms with Crippen molar-refractivity contribution in [2.45, 2.75) is 11.7 Å². The number of nitrogens with one attached hydrogen (secondary N) is 1. The van der Waals surface area contributed by atoms with Crippen LogP contribution in [-0.4, -0.2) is 45.8 Å². The number of amides is 1. The first kappa shape index (κ1) is 21.0. The largest absolute Gasteiger partial charge is 0.467 e. The number of benzene rings is 2. The Hall–Kier alpha value is -2.67. The van der Waals surface area contributed by atoms with E-state index < -0.39 is 25.4 Å². The quantitative estimate of drug-likeness (QED) is 0.541. The fourth-order valence-electron chi connectivity index (χ4n) is 3.42. The lowest BCUT2D eigenvalue weighted by atomic mass is 9.98. The van der Waals surface area contributed by atoms with E-state index in [-0.39, 0.29) is 12.5 Å². The van der Waals surface area contributed by atoms with Crippen LogP contribution >= 0.6 is 7.60 Å². The van der Waals surface area contributed by atoms with Crippen molar-refractivity contribution >= 4 is 19.7 Å². The zero-order valence-electron chi connectivity index (χ0n) is 16.3. The average molecular weight is 419 g/mol.